The van der Waals surface area contributed by atoms with E-state index in [9.17, 15) is 0 Å². The van der Waals surface area contributed by atoms with Crippen LogP contribution in [0.1, 0.15) is 5.56 Å². The van der Waals surface area contributed by atoms with Crippen molar-refractivity contribution in [2.45, 2.75) is 6.92 Å². The third kappa shape index (κ3) is 2.69. The fraction of sp³-hybridized carbons (Fsp3) is 0.143. The van der Waals surface area contributed by atoms with Crippen LogP contribution in [0.5, 0.6) is 17.2 Å². The Balaban J connectivity index is 2.19. The molecule has 17 heavy (non-hydrogen) atoms. The third-order valence-electron chi connectivity index (χ3n) is 2.49. The maximum atomic E-state index is 5.75. The summed E-state index contributed by atoms with van der Waals surface area (Å²) in [6, 6.07) is 13.0. The molecule has 2 aromatic rings. The molecule has 0 aromatic heterocycles. The maximum absolute atomic E-state index is 5.75. The van der Waals surface area contributed by atoms with E-state index >= 15 is 0 Å². The van der Waals surface area contributed by atoms with Gasteiger partial charge in [0.05, 0.1) is 7.11 Å². The molecule has 0 radical (unpaired) electrons. The van der Waals surface area contributed by atoms with E-state index in [1.807, 2.05) is 49.4 Å². The highest BCUT2D eigenvalue weighted by Crippen LogP contribution is 2.27. The molecule has 0 aliphatic carbocycles. The van der Waals surface area contributed by atoms with Crippen molar-refractivity contribution in [1.29, 1.82) is 0 Å². The van der Waals surface area contributed by atoms with E-state index in [0.717, 1.165) is 28.5 Å². The number of hydrogen-bond acceptors (Lipinski definition) is 3. The van der Waals surface area contributed by atoms with Crippen molar-refractivity contribution in [3.8, 4) is 17.2 Å². The van der Waals surface area contributed by atoms with Crippen molar-refractivity contribution in [1.82, 2.24) is 0 Å². The molecule has 3 heteroatoms. The summed E-state index contributed by atoms with van der Waals surface area (Å²) in [5.74, 6) is 2.40. The first kappa shape index (κ1) is 11.3. The van der Waals surface area contributed by atoms with Gasteiger partial charge in [-0.3, -0.25) is 0 Å². The molecule has 0 aliphatic heterocycles. The smallest absolute Gasteiger partial charge is 0.130 e. The molecule has 3 nitrogen and oxygen atoms in total. The lowest BCUT2D eigenvalue weighted by Crippen LogP contribution is -1.90. The highest BCUT2D eigenvalue weighted by molar-refractivity contribution is 5.48. The largest absolute Gasteiger partial charge is 0.497 e. The van der Waals surface area contributed by atoms with Crippen LogP contribution in [0.2, 0.25) is 0 Å². The van der Waals surface area contributed by atoms with Crippen LogP contribution in [0.25, 0.3) is 0 Å². The first-order chi connectivity index (χ1) is 8.19. The van der Waals surface area contributed by atoms with Crippen LogP contribution in [0.3, 0.4) is 0 Å². The summed E-state index contributed by atoms with van der Waals surface area (Å²) in [6.45, 7) is 1.97. The predicted molar refractivity (Wildman–Crippen MR) is 68.7 cm³/mol. The Morgan fingerprint density at radius 3 is 2.18 bits per heavy atom. The van der Waals surface area contributed by atoms with Gasteiger partial charge in [0.25, 0.3) is 0 Å². The van der Waals surface area contributed by atoms with Gasteiger partial charge in [0, 0.05) is 5.69 Å². The quantitative estimate of drug-likeness (QED) is 0.820. The van der Waals surface area contributed by atoms with Crippen LogP contribution < -0.4 is 15.2 Å². The van der Waals surface area contributed by atoms with Crippen molar-refractivity contribution in [2.75, 3.05) is 12.8 Å². The van der Waals surface area contributed by atoms with Gasteiger partial charge < -0.3 is 15.2 Å². The van der Waals surface area contributed by atoms with Crippen molar-refractivity contribution in [2.24, 2.45) is 0 Å². The van der Waals surface area contributed by atoms with E-state index in [-0.39, 0.29) is 0 Å². The van der Waals surface area contributed by atoms with Crippen LogP contribution in [-0.4, -0.2) is 7.11 Å². The molecule has 2 rings (SSSR count). The highest BCUT2D eigenvalue weighted by Gasteiger charge is 2.02. The Kier molecular flexibility index (Phi) is 3.19. The van der Waals surface area contributed by atoms with Crippen LogP contribution in [0.15, 0.2) is 42.5 Å². The molecule has 0 unspecified atom stereocenters. The summed E-state index contributed by atoms with van der Waals surface area (Å²) in [5.41, 5.74) is 7.44. The number of nitrogen functional groups attached to an aromatic ring is 1. The summed E-state index contributed by atoms with van der Waals surface area (Å²) in [7, 11) is 1.64. The molecular formula is C14H15NO2. The molecule has 0 saturated heterocycles. The number of aryl methyl sites for hydroxylation is 1. The lowest BCUT2D eigenvalue weighted by Gasteiger charge is -2.09. The van der Waals surface area contributed by atoms with Gasteiger partial charge in [-0.05, 0) is 55.0 Å². The van der Waals surface area contributed by atoms with Gasteiger partial charge in [0.15, 0.2) is 0 Å². The van der Waals surface area contributed by atoms with Gasteiger partial charge in [-0.1, -0.05) is 0 Å². The molecule has 0 fully saturated rings. The number of ether oxygens (including phenoxy) is 2. The Morgan fingerprint density at radius 2 is 1.59 bits per heavy atom. The fourth-order valence-corrected chi connectivity index (χ4v) is 1.56. The van der Waals surface area contributed by atoms with Gasteiger partial charge >= 0.3 is 0 Å². The van der Waals surface area contributed by atoms with E-state index in [4.69, 9.17) is 15.2 Å². The first-order valence-corrected chi connectivity index (χ1v) is 5.37. The minimum Gasteiger partial charge on any atom is -0.497 e. The zero-order valence-electron chi connectivity index (χ0n) is 9.94. The van der Waals surface area contributed by atoms with Crippen molar-refractivity contribution >= 4 is 5.69 Å². The summed E-state index contributed by atoms with van der Waals surface area (Å²) >= 11 is 0. The van der Waals surface area contributed by atoms with Gasteiger partial charge in [-0.25, -0.2) is 0 Å². The Bertz CT molecular complexity index is 506. The van der Waals surface area contributed by atoms with Crippen LogP contribution >= 0.6 is 0 Å². The topological polar surface area (TPSA) is 44.5 Å². The molecule has 0 amide bonds. The third-order valence-corrected chi connectivity index (χ3v) is 2.49. The summed E-state index contributed by atoms with van der Waals surface area (Å²) in [4.78, 5) is 0. The zero-order valence-corrected chi connectivity index (χ0v) is 9.94. The molecule has 0 aliphatic rings. The Labute approximate surface area is 101 Å². The summed E-state index contributed by atoms with van der Waals surface area (Å²) in [6.07, 6.45) is 0. The second kappa shape index (κ2) is 4.78. The minimum atomic E-state index is 0.740. The van der Waals surface area contributed by atoms with E-state index < -0.39 is 0 Å². The second-order valence-corrected chi connectivity index (χ2v) is 3.80. The minimum absolute atomic E-state index is 0.740. The number of anilines is 1. The van der Waals surface area contributed by atoms with E-state index in [1.54, 1.807) is 7.11 Å². The number of nitrogens with two attached hydrogens (primary N) is 1. The Morgan fingerprint density at radius 1 is 0.941 bits per heavy atom. The standard InChI is InChI=1S/C14H15NO2/c1-10-9-11(15)3-8-14(10)17-13-6-4-12(16-2)5-7-13/h3-9H,15H2,1-2H3. The SMILES string of the molecule is COc1ccc(Oc2ccc(N)cc2C)cc1. The fourth-order valence-electron chi connectivity index (χ4n) is 1.56. The first-order valence-electron chi connectivity index (χ1n) is 5.37. The predicted octanol–water partition coefficient (Wildman–Crippen LogP) is 3.38. The van der Waals surface area contributed by atoms with Gasteiger partial charge in [0.1, 0.15) is 17.2 Å². The number of hydrogen-bond donors (Lipinski definition) is 1. The molecule has 0 bridgehead atoms. The number of methoxy groups -OCH3 is 1. The van der Waals surface area contributed by atoms with Crippen LogP contribution in [0.4, 0.5) is 5.69 Å². The van der Waals surface area contributed by atoms with E-state index in [1.165, 1.54) is 0 Å². The van der Waals surface area contributed by atoms with Crippen LogP contribution in [-0.2, 0) is 0 Å². The molecule has 88 valence electrons. The molecule has 2 aromatic carbocycles. The van der Waals surface area contributed by atoms with Crippen molar-refractivity contribution < 1.29 is 9.47 Å². The average Bonchev–Trinajstić information content (AvgIpc) is 2.34. The lowest BCUT2D eigenvalue weighted by molar-refractivity contribution is 0.412. The number of benzene rings is 2. The summed E-state index contributed by atoms with van der Waals surface area (Å²) < 4.78 is 10.8. The zero-order chi connectivity index (χ0) is 12.3. The number of rotatable bonds is 3. The molecule has 0 saturated carbocycles. The summed E-state index contributed by atoms with van der Waals surface area (Å²) in [5, 5.41) is 0. The molecular weight excluding hydrogens is 214 g/mol. The van der Waals surface area contributed by atoms with Crippen molar-refractivity contribution in [3.63, 3.8) is 0 Å². The normalized spacial score (nSPS) is 10.0. The molecule has 0 heterocycles. The lowest BCUT2D eigenvalue weighted by atomic mass is 10.2. The van der Waals surface area contributed by atoms with E-state index in [2.05, 4.69) is 0 Å². The van der Waals surface area contributed by atoms with Crippen LogP contribution in [0, 0.1) is 6.92 Å². The Hall–Kier alpha value is -2.16. The molecule has 0 spiro atoms. The average molecular weight is 229 g/mol. The second-order valence-electron chi connectivity index (χ2n) is 3.80. The maximum Gasteiger partial charge on any atom is 0.130 e. The molecule has 2 N–H and O–H groups in total. The monoisotopic (exact) mass is 229 g/mol. The van der Waals surface area contributed by atoms with Gasteiger partial charge in [-0.2, -0.15) is 0 Å². The van der Waals surface area contributed by atoms with E-state index in [0.29, 0.717) is 0 Å². The van der Waals surface area contributed by atoms with Gasteiger partial charge in [-0.15, -0.1) is 0 Å². The molecule has 0 atom stereocenters. The van der Waals surface area contributed by atoms with Crippen molar-refractivity contribution in [3.05, 3.63) is 48.0 Å². The van der Waals surface area contributed by atoms with Gasteiger partial charge in [0.2, 0.25) is 0 Å². The highest BCUT2D eigenvalue weighted by atomic mass is 16.5.